The van der Waals surface area contributed by atoms with Gasteiger partial charge in [0.2, 0.25) is 5.91 Å². The SMILES string of the molecule is C=CCCC(NC(=O)c1cnn(CC(=O)NC2CCCCC2)c1)C(=O)O. The highest BCUT2D eigenvalue weighted by Crippen LogP contribution is 2.17. The summed E-state index contributed by atoms with van der Waals surface area (Å²) in [5.41, 5.74) is 0.223. The van der Waals surface area contributed by atoms with Crippen LogP contribution in [0.25, 0.3) is 0 Å². The Morgan fingerprint density at radius 3 is 2.73 bits per heavy atom. The number of amides is 2. The third-order valence-electron chi connectivity index (χ3n) is 4.43. The molecule has 0 bridgehead atoms. The quantitative estimate of drug-likeness (QED) is 0.576. The summed E-state index contributed by atoms with van der Waals surface area (Å²) in [4.78, 5) is 35.5. The number of nitrogens with one attached hydrogen (secondary N) is 2. The predicted octanol–water partition coefficient (Wildman–Crippen LogP) is 1.48. The summed E-state index contributed by atoms with van der Waals surface area (Å²) in [5.74, 6) is -1.76. The van der Waals surface area contributed by atoms with Gasteiger partial charge in [-0.15, -0.1) is 6.58 Å². The number of carbonyl (C=O) groups excluding carboxylic acids is 2. The largest absolute Gasteiger partial charge is 0.480 e. The summed E-state index contributed by atoms with van der Waals surface area (Å²) in [6.45, 7) is 3.58. The summed E-state index contributed by atoms with van der Waals surface area (Å²) in [7, 11) is 0. The van der Waals surface area contributed by atoms with Gasteiger partial charge in [-0.25, -0.2) is 4.79 Å². The average Bonchev–Trinajstić information content (AvgIpc) is 3.07. The number of nitrogens with zero attached hydrogens (tertiary/aromatic N) is 2. The van der Waals surface area contributed by atoms with Gasteiger partial charge in [0.05, 0.1) is 11.8 Å². The molecule has 0 aliphatic heterocycles. The van der Waals surface area contributed by atoms with Crippen LogP contribution in [0, 0.1) is 0 Å². The maximum Gasteiger partial charge on any atom is 0.326 e. The van der Waals surface area contributed by atoms with E-state index < -0.39 is 17.9 Å². The fraction of sp³-hybridized carbons (Fsp3) is 0.556. The molecule has 1 unspecified atom stereocenters. The van der Waals surface area contributed by atoms with Crippen LogP contribution < -0.4 is 10.6 Å². The zero-order chi connectivity index (χ0) is 18.9. The van der Waals surface area contributed by atoms with Gasteiger partial charge in [-0.2, -0.15) is 5.10 Å². The van der Waals surface area contributed by atoms with E-state index in [1.807, 2.05) is 0 Å². The number of hydrogen-bond donors (Lipinski definition) is 3. The van der Waals surface area contributed by atoms with Crippen molar-refractivity contribution in [2.24, 2.45) is 0 Å². The van der Waals surface area contributed by atoms with E-state index in [0.717, 1.165) is 25.7 Å². The maximum atomic E-state index is 12.2. The molecule has 0 radical (unpaired) electrons. The summed E-state index contributed by atoms with van der Waals surface area (Å²) in [6, 6.07) is -0.769. The first-order valence-corrected chi connectivity index (χ1v) is 8.96. The molecular formula is C18H26N4O4. The second-order valence-corrected chi connectivity index (χ2v) is 6.56. The van der Waals surface area contributed by atoms with Crippen molar-refractivity contribution in [1.82, 2.24) is 20.4 Å². The van der Waals surface area contributed by atoms with Crippen LogP contribution >= 0.6 is 0 Å². The summed E-state index contributed by atoms with van der Waals surface area (Å²) in [6.07, 6.45) is 10.6. The minimum absolute atomic E-state index is 0.0304. The lowest BCUT2D eigenvalue weighted by atomic mass is 9.95. The lowest BCUT2D eigenvalue weighted by molar-refractivity contribution is -0.139. The molecule has 1 aromatic heterocycles. The molecule has 0 aromatic carbocycles. The van der Waals surface area contributed by atoms with E-state index in [1.165, 1.54) is 23.5 Å². The van der Waals surface area contributed by atoms with Crippen molar-refractivity contribution in [3.63, 3.8) is 0 Å². The fourth-order valence-corrected chi connectivity index (χ4v) is 3.02. The molecule has 1 aliphatic rings. The highest BCUT2D eigenvalue weighted by atomic mass is 16.4. The molecule has 0 spiro atoms. The normalized spacial score (nSPS) is 15.8. The van der Waals surface area contributed by atoms with E-state index in [2.05, 4.69) is 22.3 Å². The lowest BCUT2D eigenvalue weighted by Gasteiger charge is -2.22. The van der Waals surface area contributed by atoms with Crippen molar-refractivity contribution < 1.29 is 19.5 Å². The third-order valence-corrected chi connectivity index (χ3v) is 4.43. The van der Waals surface area contributed by atoms with Crippen molar-refractivity contribution in [2.45, 2.75) is 63.6 Å². The lowest BCUT2D eigenvalue weighted by Crippen LogP contribution is -2.40. The van der Waals surface area contributed by atoms with Gasteiger partial charge in [-0.05, 0) is 25.7 Å². The van der Waals surface area contributed by atoms with Crippen LogP contribution in [0.2, 0.25) is 0 Å². The van der Waals surface area contributed by atoms with E-state index in [-0.39, 0.29) is 30.5 Å². The molecule has 1 saturated carbocycles. The predicted molar refractivity (Wildman–Crippen MR) is 95.6 cm³/mol. The second kappa shape index (κ2) is 9.74. The van der Waals surface area contributed by atoms with E-state index >= 15 is 0 Å². The Labute approximate surface area is 152 Å². The molecule has 8 heteroatoms. The Kier molecular flexibility index (Phi) is 7.37. The molecule has 142 valence electrons. The number of aromatic nitrogens is 2. The minimum Gasteiger partial charge on any atom is -0.480 e. The highest BCUT2D eigenvalue weighted by Gasteiger charge is 2.21. The molecule has 3 N–H and O–H groups in total. The van der Waals surface area contributed by atoms with Crippen molar-refractivity contribution in [3.05, 3.63) is 30.6 Å². The monoisotopic (exact) mass is 362 g/mol. The Morgan fingerprint density at radius 1 is 1.35 bits per heavy atom. The zero-order valence-electron chi connectivity index (χ0n) is 14.8. The average molecular weight is 362 g/mol. The van der Waals surface area contributed by atoms with Gasteiger partial charge in [0.1, 0.15) is 12.6 Å². The fourth-order valence-electron chi connectivity index (χ4n) is 3.02. The Morgan fingerprint density at radius 2 is 2.08 bits per heavy atom. The van der Waals surface area contributed by atoms with Gasteiger partial charge in [-0.3, -0.25) is 14.3 Å². The molecule has 1 aromatic rings. The second-order valence-electron chi connectivity index (χ2n) is 6.56. The number of carbonyl (C=O) groups is 3. The summed E-state index contributed by atoms with van der Waals surface area (Å²) < 4.78 is 1.38. The van der Waals surface area contributed by atoms with Crippen LogP contribution in [-0.4, -0.2) is 44.8 Å². The van der Waals surface area contributed by atoms with Crippen molar-refractivity contribution >= 4 is 17.8 Å². The molecular weight excluding hydrogens is 336 g/mol. The number of aliphatic carboxylic acids is 1. The van der Waals surface area contributed by atoms with Gasteiger partial charge >= 0.3 is 5.97 Å². The minimum atomic E-state index is -1.10. The zero-order valence-corrected chi connectivity index (χ0v) is 14.8. The number of carboxylic acid groups (broad SMARTS) is 1. The van der Waals surface area contributed by atoms with Gasteiger partial charge in [0.25, 0.3) is 5.91 Å². The third kappa shape index (κ3) is 6.02. The molecule has 0 saturated heterocycles. The van der Waals surface area contributed by atoms with Crippen LogP contribution in [0.3, 0.4) is 0 Å². The molecule has 2 amide bonds. The van der Waals surface area contributed by atoms with Crippen LogP contribution in [0.15, 0.2) is 25.0 Å². The van der Waals surface area contributed by atoms with Gasteiger partial charge in [0, 0.05) is 12.2 Å². The molecule has 1 fully saturated rings. The van der Waals surface area contributed by atoms with Crippen LogP contribution in [-0.2, 0) is 16.1 Å². The van der Waals surface area contributed by atoms with E-state index in [0.29, 0.717) is 6.42 Å². The molecule has 8 nitrogen and oxygen atoms in total. The number of allylic oxidation sites excluding steroid dienone is 1. The van der Waals surface area contributed by atoms with Gasteiger partial charge in [0.15, 0.2) is 0 Å². The summed E-state index contributed by atoms with van der Waals surface area (Å²) >= 11 is 0. The van der Waals surface area contributed by atoms with E-state index in [4.69, 9.17) is 5.11 Å². The molecule has 26 heavy (non-hydrogen) atoms. The summed E-state index contributed by atoms with van der Waals surface area (Å²) in [5, 5.41) is 18.6. The maximum absolute atomic E-state index is 12.2. The van der Waals surface area contributed by atoms with E-state index in [9.17, 15) is 14.4 Å². The number of rotatable bonds is 9. The van der Waals surface area contributed by atoms with Gasteiger partial charge in [-0.1, -0.05) is 25.3 Å². The Bertz CT molecular complexity index is 649. The Hall–Kier alpha value is -2.64. The first-order chi connectivity index (χ1) is 12.5. The van der Waals surface area contributed by atoms with Crippen molar-refractivity contribution in [2.75, 3.05) is 0 Å². The number of hydrogen-bond acceptors (Lipinski definition) is 4. The van der Waals surface area contributed by atoms with Crippen LogP contribution in [0.1, 0.15) is 55.3 Å². The highest BCUT2D eigenvalue weighted by molar-refractivity contribution is 5.96. The van der Waals surface area contributed by atoms with Crippen LogP contribution in [0.5, 0.6) is 0 Å². The van der Waals surface area contributed by atoms with Gasteiger partial charge < -0.3 is 15.7 Å². The first kappa shape index (κ1) is 19.7. The first-order valence-electron chi connectivity index (χ1n) is 8.96. The van der Waals surface area contributed by atoms with Crippen molar-refractivity contribution in [3.8, 4) is 0 Å². The number of carboxylic acids is 1. The molecule has 2 rings (SSSR count). The Balaban J connectivity index is 1.86. The van der Waals surface area contributed by atoms with Crippen LogP contribution in [0.4, 0.5) is 0 Å². The molecule has 1 heterocycles. The standard InChI is InChI=1S/C18H26N4O4/c1-2-3-9-15(18(25)26)21-17(24)13-10-19-22(11-13)12-16(23)20-14-7-5-4-6-8-14/h2,10-11,14-15H,1,3-9,12H2,(H,20,23)(H,21,24)(H,25,26). The smallest absolute Gasteiger partial charge is 0.326 e. The topological polar surface area (TPSA) is 113 Å². The molecule has 1 aliphatic carbocycles. The molecule has 1 atom stereocenters. The van der Waals surface area contributed by atoms with Crippen molar-refractivity contribution in [1.29, 1.82) is 0 Å². The van der Waals surface area contributed by atoms with E-state index in [1.54, 1.807) is 6.08 Å².